The zero-order valence-electron chi connectivity index (χ0n) is 15.6. The maximum absolute atomic E-state index is 12.9. The van der Waals surface area contributed by atoms with Crippen molar-refractivity contribution < 1.29 is 23.4 Å². The number of methoxy groups -OCH3 is 2. The molecule has 3 rings (SSSR count). The van der Waals surface area contributed by atoms with Gasteiger partial charge in [0.1, 0.15) is 11.6 Å². The van der Waals surface area contributed by atoms with Crippen molar-refractivity contribution in [3.05, 3.63) is 53.8 Å². The summed E-state index contributed by atoms with van der Waals surface area (Å²) < 4.78 is 29.2. The molecule has 1 heterocycles. The molecule has 0 saturated carbocycles. The summed E-state index contributed by atoms with van der Waals surface area (Å²) >= 11 is 0. The van der Waals surface area contributed by atoms with E-state index in [-0.39, 0.29) is 11.7 Å². The van der Waals surface area contributed by atoms with Crippen LogP contribution < -0.4 is 14.2 Å². The van der Waals surface area contributed by atoms with Gasteiger partial charge in [0.05, 0.1) is 20.8 Å². The lowest BCUT2D eigenvalue weighted by molar-refractivity contribution is 0.0660. The topological polar surface area (TPSA) is 48.0 Å². The third-order valence-electron chi connectivity index (χ3n) is 4.83. The van der Waals surface area contributed by atoms with Gasteiger partial charge in [-0.2, -0.15) is 0 Å². The van der Waals surface area contributed by atoms with Gasteiger partial charge in [0.2, 0.25) is 0 Å². The van der Waals surface area contributed by atoms with Crippen molar-refractivity contribution in [3.63, 3.8) is 0 Å². The van der Waals surface area contributed by atoms with Crippen molar-refractivity contribution in [1.29, 1.82) is 0 Å². The number of piperidine rings is 1. The standard InChI is InChI=1S/C21H24FNO4/c1-25-19-8-3-16(13-20(19)26-2)21(24)23-11-9-15(10-12-23)14-27-18-6-4-17(22)5-7-18/h3-8,13,15H,9-12,14H2,1-2H3. The summed E-state index contributed by atoms with van der Waals surface area (Å²) in [6.45, 7) is 1.94. The first-order valence-electron chi connectivity index (χ1n) is 9.00. The molecular weight excluding hydrogens is 349 g/mol. The Bertz CT molecular complexity index is 770. The van der Waals surface area contributed by atoms with E-state index in [1.165, 1.54) is 12.1 Å². The molecule has 2 aromatic carbocycles. The van der Waals surface area contributed by atoms with E-state index in [1.807, 2.05) is 4.90 Å². The smallest absolute Gasteiger partial charge is 0.253 e. The lowest BCUT2D eigenvalue weighted by Gasteiger charge is -2.32. The maximum Gasteiger partial charge on any atom is 0.253 e. The molecule has 1 aliphatic heterocycles. The average molecular weight is 373 g/mol. The second-order valence-corrected chi connectivity index (χ2v) is 6.57. The van der Waals surface area contributed by atoms with Gasteiger partial charge in [-0.05, 0) is 61.2 Å². The highest BCUT2D eigenvalue weighted by Crippen LogP contribution is 2.29. The Morgan fingerprint density at radius 3 is 2.33 bits per heavy atom. The Morgan fingerprint density at radius 2 is 1.70 bits per heavy atom. The van der Waals surface area contributed by atoms with E-state index in [1.54, 1.807) is 44.6 Å². The van der Waals surface area contributed by atoms with Gasteiger partial charge in [-0.25, -0.2) is 4.39 Å². The molecule has 2 aromatic rings. The second-order valence-electron chi connectivity index (χ2n) is 6.57. The van der Waals surface area contributed by atoms with Crippen LogP contribution in [0, 0.1) is 11.7 Å². The van der Waals surface area contributed by atoms with Gasteiger partial charge < -0.3 is 19.1 Å². The third kappa shape index (κ3) is 4.70. The SMILES string of the molecule is COc1ccc(C(=O)N2CCC(COc3ccc(F)cc3)CC2)cc1OC. The van der Waals surface area contributed by atoms with Crippen LogP contribution in [-0.2, 0) is 0 Å². The molecule has 1 fully saturated rings. The Balaban J connectivity index is 1.52. The van der Waals surface area contributed by atoms with Crippen LogP contribution >= 0.6 is 0 Å². The number of halogens is 1. The van der Waals surface area contributed by atoms with Crippen LogP contribution in [-0.4, -0.2) is 44.7 Å². The molecule has 1 aliphatic rings. The summed E-state index contributed by atoms with van der Waals surface area (Å²) in [5, 5.41) is 0. The zero-order chi connectivity index (χ0) is 19.2. The molecule has 1 saturated heterocycles. The predicted octanol–water partition coefficient (Wildman–Crippen LogP) is 3.77. The van der Waals surface area contributed by atoms with Crippen molar-refractivity contribution in [2.45, 2.75) is 12.8 Å². The summed E-state index contributed by atoms with van der Waals surface area (Å²) in [6, 6.07) is 11.3. The van der Waals surface area contributed by atoms with Crippen molar-refractivity contribution in [2.24, 2.45) is 5.92 Å². The number of ether oxygens (including phenoxy) is 3. The van der Waals surface area contributed by atoms with Gasteiger partial charge >= 0.3 is 0 Å². The minimum Gasteiger partial charge on any atom is -0.493 e. The third-order valence-corrected chi connectivity index (χ3v) is 4.83. The van der Waals surface area contributed by atoms with Gasteiger partial charge in [0.25, 0.3) is 5.91 Å². The molecule has 1 amide bonds. The van der Waals surface area contributed by atoms with E-state index in [0.717, 1.165) is 12.8 Å². The molecule has 0 atom stereocenters. The van der Waals surface area contributed by atoms with E-state index in [2.05, 4.69) is 0 Å². The van der Waals surface area contributed by atoms with Gasteiger partial charge in [-0.15, -0.1) is 0 Å². The fourth-order valence-corrected chi connectivity index (χ4v) is 3.20. The number of amides is 1. The Kier molecular flexibility index (Phi) is 6.16. The van der Waals surface area contributed by atoms with Crippen molar-refractivity contribution in [3.8, 4) is 17.2 Å². The lowest BCUT2D eigenvalue weighted by atomic mass is 9.97. The highest BCUT2D eigenvalue weighted by Gasteiger charge is 2.24. The summed E-state index contributed by atoms with van der Waals surface area (Å²) in [4.78, 5) is 14.6. The molecular formula is C21H24FNO4. The zero-order valence-corrected chi connectivity index (χ0v) is 15.6. The Morgan fingerprint density at radius 1 is 1.04 bits per heavy atom. The molecule has 0 bridgehead atoms. The lowest BCUT2D eigenvalue weighted by Crippen LogP contribution is -2.39. The second kappa shape index (κ2) is 8.75. The summed E-state index contributed by atoms with van der Waals surface area (Å²) in [6.07, 6.45) is 1.75. The number of carbonyl (C=O) groups excluding carboxylic acids is 1. The maximum atomic E-state index is 12.9. The van der Waals surface area contributed by atoms with E-state index in [0.29, 0.717) is 48.4 Å². The highest BCUT2D eigenvalue weighted by atomic mass is 19.1. The number of carbonyl (C=O) groups is 1. The first kappa shape index (κ1) is 19.0. The minimum atomic E-state index is -0.274. The number of hydrogen-bond donors (Lipinski definition) is 0. The first-order valence-corrected chi connectivity index (χ1v) is 9.00. The van der Waals surface area contributed by atoms with Crippen LogP contribution in [0.15, 0.2) is 42.5 Å². The number of likely N-dealkylation sites (tertiary alicyclic amines) is 1. The Hall–Kier alpha value is -2.76. The molecule has 6 heteroatoms. The molecule has 0 aromatic heterocycles. The molecule has 27 heavy (non-hydrogen) atoms. The summed E-state index contributed by atoms with van der Waals surface area (Å²) in [5.41, 5.74) is 0.591. The summed E-state index contributed by atoms with van der Waals surface area (Å²) in [5.74, 6) is 1.92. The normalized spacial score (nSPS) is 14.7. The van der Waals surface area contributed by atoms with E-state index < -0.39 is 0 Å². The van der Waals surface area contributed by atoms with Gasteiger partial charge in [-0.3, -0.25) is 4.79 Å². The van der Waals surface area contributed by atoms with Gasteiger partial charge in [0.15, 0.2) is 11.5 Å². The van der Waals surface area contributed by atoms with E-state index in [4.69, 9.17) is 14.2 Å². The van der Waals surface area contributed by atoms with Gasteiger partial charge in [-0.1, -0.05) is 0 Å². The number of nitrogens with zero attached hydrogens (tertiary/aromatic N) is 1. The first-order chi connectivity index (χ1) is 13.1. The van der Waals surface area contributed by atoms with Crippen LogP contribution in [0.1, 0.15) is 23.2 Å². The van der Waals surface area contributed by atoms with Crippen LogP contribution in [0.2, 0.25) is 0 Å². The molecule has 0 N–H and O–H groups in total. The number of hydrogen-bond acceptors (Lipinski definition) is 4. The molecule has 0 spiro atoms. The average Bonchev–Trinajstić information content (AvgIpc) is 2.72. The quantitative estimate of drug-likeness (QED) is 0.773. The fourth-order valence-electron chi connectivity index (χ4n) is 3.20. The van der Waals surface area contributed by atoms with Crippen molar-refractivity contribution in [1.82, 2.24) is 4.90 Å². The van der Waals surface area contributed by atoms with E-state index in [9.17, 15) is 9.18 Å². The largest absolute Gasteiger partial charge is 0.493 e. The number of rotatable bonds is 6. The minimum absolute atomic E-state index is 0.00569. The molecule has 0 aliphatic carbocycles. The van der Waals surface area contributed by atoms with Crippen LogP contribution in [0.25, 0.3) is 0 Å². The molecule has 144 valence electrons. The molecule has 5 nitrogen and oxygen atoms in total. The van der Waals surface area contributed by atoms with E-state index >= 15 is 0 Å². The molecule has 0 radical (unpaired) electrons. The summed E-state index contributed by atoms with van der Waals surface area (Å²) in [7, 11) is 3.12. The monoisotopic (exact) mass is 373 g/mol. The molecule has 0 unspecified atom stereocenters. The van der Waals surface area contributed by atoms with Crippen LogP contribution in [0.5, 0.6) is 17.2 Å². The number of benzene rings is 2. The predicted molar refractivity (Wildman–Crippen MR) is 100 cm³/mol. The fraction of sp³-hybridized carbons (Fsp3) is 0.381. The Labute approximate surface area is 158 Å². The van der Waals surface area contributed by atoms with Crippen molar-refractivity contribution >= 4 is 5.91 Å². The highest BCUT2D eigenvalue weighted by molar-refractivity contribution is 5.95. The van der Waals surface area contributed by atoms with Crippen molar-refractivity contribution in [2.75, 3.05) is 33.9 Å². The van der Waals surface area contributed by atoms with Gasteiger partial charge in [0, 0.05) is 18.7 Å². The van der Waals surface area contributed by atoms with Crippen LogP contribution in [0.3, 0.4) is 0 Å². The van der Waals surface area contributed by atoms with Crippen LogP contribution in [0.4, 0.5) is 4.39 Å².